The third-order valence-electron chi connectivity index (χ3n) is 4.89. The lowest BCUT2D eigenvalue weighted by molar-refractivity contribution is -0.128. The van der Waals surface area contributed by atoms with E-state index < -0.39 is 0 Å². The van der Waals surface area contributed by atoms with Gasteiger partial charge in [0.25, 0.3) is 0 Å². The van der Waals surface area contributed by atoms with Crippen molar-refractivity contribution in [3.8, 4) is 0 Å². The summed E-state index contributed by atoms with van der Waals surface area (Å²) >= 11 is 3.30. The first-order valence-corrected chi connectivity index (χ1v) is 10.7. The van der Waals surface area contributed by atoms with Gasteiger partial charge in [0.05, 0.1) is 21.1 Å². The van der Waals surface area contributed by atoms with Crippen LogP contribution >= 0.6 is 22.7 Å². The molecule has 1 amide bonds. The van der Waals surface area contributed by atoms with E-state index >= 15 is 0 Å². The lowest BCUT2D eigenvalue weighted by atomic mass is 10.1. The van der Waals surface area contributed by atoms with Crippen molar-refractivity contribution in [1.82, 2.24) is 19.9 Å². The van der Waals surface area contributed by atoms with Gasteiger partial charge >= 0.3 is 0 Å². The smallest absolute Gasteiger partial charge is 0.219 e. The summed E-state index contributed by atoms with van der Waals surface area (Å²) in [5.74, 6) is 0.921. The van der Waals surface area contributed by atoms with Gasteiger partial charge in [-0.1, -0.05) is 6.08 Å². The van der Waals surface area contributed by atoms with Gasteiger partial charge in [-0.25, -0.2) is 15.0 Å². The zero-order valence-electron chi connectivity index (χ0n) is 15.2. The van der Waals surface area contributed by atoms with Gasteiger partial charge < -0.3 is 10.2 Å². The maximum atomic E-state index is 11.5. The van der Waals surface area contributed by atoms with Gasteiger partial charge in [-0.05, 0) is 36.3 Å². The molecular weight excluding hydrogens is 390 g/mol. The standard InChI is InChI=1S/C20H17N5OS2/c1-12(26)25-6-4-13(5-7-25)18-9-15-19(21-10-22-20(15)28-18)24-14-2-3-17-16(8-14)23-11-27-17/h2-4,8-11H,5-7H2,1H3,(H,21,22,24). The van der Waals surface area contributed by atoms with Crippen molar-refractivity contribution in [2.24, 2.45) is 0 Å². The van der Waals surface area contributed by atoms with Crippen molar-refractivity contribution in [3.63, 3.8) is 0 Å². The number of fused-ring (bicyclic) bond motifs is 2. The van der Waals surface area contributed by atoms with Crippen LogP contribution in [0.15, 0.2) is 42.2 Å². The number of amides is 1. The Morgan fingerprint density at radius 2 is 2.14 bits per heavy atom. The minimum atomic E-state index is 0.126. The number of aromatic nitrogens is 3. The summed E-state index contributed by atoms with van der Waals surface area (Å²) in [6, 6.07) is 8.30. The molecule has 0 saturated heterocycles. The Bertz CT molecular complexity index is 1230. The number of hydrogen-bond acceptors (Lipinski definition) is 7. The number of carbonyl (C=O) groups excluding carboxylic acids is 1. The van der Waals surface area contributed by atoms with Gasteiger partial charge in [0.1, 0.15) is 17.0 Å². The number of carbonyl (C=O) groups is 1. The number of hydrogen-bond donors (Lipinski definition) is 1. The van der Waals surface area contributed by atoms with Crippen LogP contribution in [-0.4, -0.2) is 38.8 Å². The number of thiophene rings is 1. The average Bonchev–Trinajstić information content (AvgIpc) is 3.35. The minimum absolute atomic E-state index is 0.126. The highest BCUT2D eigenvalue weighted by Crippen LogP contribution is 2.36. The van der Waals surface area contributed by atoms with Gasteiger partial charge in [-0.2, -0.15) is 0 Å². The van der Waals surface area contributed by atoms with Crippen molar-refractivity contribution < 1.29 is 4.79 Å². The Balaban J connectivity index is 1.46. The normalized spacial score (nSPS) is 14.5. The summed E-state index contributed by atoms with van der Waals surface area (Å²) in [6.07, 6.45) is 4.61. The van der Waals surface area contributed by atoms with Crippen molar-refractivity contribution in [1.29, 1.82) is 0 Å². The van der Waals surface area contributed by atoms with Crippen LogP contribution < -0.4 is 5.32 Å². The second-order valence-corrected chi connectivity index (χ2v) is 8.57. The minimum Gasteiger partial charge on any atom is -0.340 e. The number of nitrogens with zero attached hydrogens (tertiary/aromatic N) is 4. The highest BCUT2D eigenvalue weighted by Gasteiger charge is 2.17. The fraction of sp³-hybridized carbons (Fsp3) is 0.200. The van der Waals surface area contributed by atoms with Crippen LogP contribution in [0.2, 0.25) is 0 Å². The molecule has 0 radical (unpaired) electrons. The highest BCUT2D eigenvalue weighted by molar-refractivity contribution is 7.19. The Morgan fingerprint density at radius 1 is 1.21 bits per heavy atom. The maximum Gasteiger partial charge on any atom is 0.219 e. The topological polar surface area (TPSA) is 71.0 Å². The van der Waals surface area contributed by atoms with Crippen LogP contribution in [0.5, 0.6) is 0 Å². The Hall–Kier alpha value is -2.84. The third kappa shape index (κ3) is 3.14. The molecule has 3 aromatic heterocycles. The van der Waals surface area contributed by atoms with Crippen molar-refractivity contribution in [2.45, 2.75) is 13.3 Å². The first-order chi connectivity index (χ1) is 13.7. The van der Waals surface area contributed by atoms with E-state index in [0.29, 0.717) is 6.54 Å². The summed E-state index contributed by atoms with van der Waals surface area (Å²) in [6.45, 7) is 3.05. The molecule has 0 spiro atoms. The van der Waals surface area contributed by atoms with Gasteiger partial charge in [0, 0.05) is 30.6 Å². The summed E-state index contributed by atoms with van der Waals surface area (Å²) in [7, 11) is 0. The molecule has 4 aromatic rings. The van der Waals surface area contributed by atoms with E-state index in [-0.39, 0.29) is 5.91 Å². The van der Waals surface area contributed by atoms with Crippen LogP contribution in [0.3, 0.4) is 0 Å². The monoisotopic (exact) mass is 407 g/mol. The first-order valence-electron chi connectivity index (χ1n) is 8.97. The van der Waals surface area contributed by atoms with Crippen LogP contribution in [0, 0.1) is 0 Å². The van der Waals surface area contributed by atoms with Crippen LogP contribution in [-0.2, 0) is 4.79 Å². The number of nitrogens with one attached hydrogen (secondary N) is 1. The summed E-state index contributed by atoms with van der Waals surface area (Å²) < 4.78 is 1.17. The van der Waals surface area contributed by atoms with E-state index in [1.165, 1.54) is 15.2 Å². The molecule has 0 aliphatic carbocycles. The maximum absolute atomic E-state index is 11.5. The summed E-state index contributed by atoms with van der Waals surface area (Å²) in [4.78, 5) is 28.8. The lowest BCUT2D eigenvalue weighted by Crippen LogP contribution is -2.32. The fourth-order valence-electron chi connectivity index (χ4n) is 3.36. The Kier molecular flexibility index (Phi) is 4.29. The summed E-state index contributed by atoms with van der Waals surface area (Å²) in [5.41, 5.74) is 5.07. The van der Waals surface area contributed by atoms with E-state index in [1.807, 2.05) is 22.5 Å². The largest absolute Gasteiger partial charge is 0.340 e. The van der Waals surface area contributed by atoms with Crippen molar-refractivity contribution >= 4 is 66.1 Å². The van der Waals surface area contributed by atoms with E-state index in [2.05, 4.69) is 38.5 Å². The Labute approximate surface area is 169 Å². The third-order valence-corrected chi connectivity index (χ3v) is 6.82. The van der Waals surface area contributed by atoms with Gasteiger partial charge in [0.15, 0.2) is 0 Å². The molecule has 0 atom stereocenters. The van der Waals surface area contributed by atoms with Crippen molar-refractivity contribution in [3.05, 3.63) is 47.1 Å². The predicted molar refractivity (Wildman–Crippen MR) is 115 cm³/mol. The molecule has 0 saturated carbocycles. The number of thiazole rings is 1. The van der Waals surface area contributed by atoms with E-state index in [0.717, 1.165) is 40.2 Å². The SMILES string of the molecule is CC(=O)N1CC=C(c2cc3c(Nc4ccc5scnc5c4)ncnc3s2)CC1. The zero-order chi connectivity index (χ0) is 19.1. The lowest BCUT2D eigenvalue weighted by Gasteiger charge is -2.24. The molecule has 6 nitrogen and oxygen atoms in total. The molecule has 1 aliphatic rings. The molecular formula is C20H17N5OS2. The molecule has 0 bridgehead atoms. The Morgan fingerprint density at radius 3 is 2.96 bits per heavy atom. The van der Waals surface area contributed by atoms with E-state index in [1.54, 1.807) is 35.9 Å². The molecule has 1 N–H and O–H groups in total. The van der Waals surface area contributed by atoms with E-state index in [9.17, 15) is 4.79 Å². The van der Waals surface area contributed by atoms with Crippen LogP contribution in [0.1, 0.15) is 18.2 Å². The second kappa shape index (κ2) is 6.96. The quantitative estimate of drug-likeness (QED) is 0.534. The zero-order valence-corrected chi connectivity index (χ0v) is 16.8. The first kappa shape index (κ1) is 17.3. The van der Waals surface area contributed by atoms with Gasteiger partial charge in [0.2, 0.25) is 5.91 Å². The van der Waals surface area contributed by atoms with E-state index in [4.69, 9.17) is 0 Å². The fourth-order valence-corrected chi connectivity index (χ4v) is 5.09. The molecule has 4 heterocycles. The molecule has 1 aromatic carbocycles. The van der Waals surface area contributed by atoms with Crippen molar-refractivity contribution in [2.75, 3.05) is 18.4 Å². The highest BCUT2D eigenvalue weighted by atomic mass is 32.1. The number of benzene rings is 1. The molecule has 0 unspecified atom stereocenters. The number of rotatable bonds is 3. The molecule has 1 aliphatic heterocycles. The molecule has 140 valence electrons. The molecule has 0 fully saturated rings. The molecule has 28 heavy (non-hydrogen) atoms. The predicted octanol–water partition coefficient (Wildman–Crippen LogP) is 4.68. The molecule has 5 rings (SSSR count). The van der Waals surface area contributed by atoms with Crippen LogP contribution in [0.4, 0.5) is 11.5 Å². The average molecular weight is 408 g/mol. The summed E-state index contributed by atoms with van der Waals surface area (Å²) in [5, 5.41) is 4.42. The van der Waals surface area contributed by atoms with Gasteiger partial charge in [-0.15, -0.1) is 22.7 Å². The molecule has 8 heteroatoms. The number of anilines is 2. The van der Waals surface area contributed by atoms with Crippen LogP contribution in [0.25, 0.3) is 26.0 Å². The second-order valence-electron chi connectivity index (χ2n) is 6.66. The van der Waals surface area contributed by atoms with Gasteiger partial charge in [-0.3, -0.25) is 4.79 Å².